The van der Waals surface area contributed by atoms with Gasteiger partial charge < -0.3 is 10.6 Å². The molecule has 1 aromatic carbocycles. The Kier molecular flexibility index (Phi) is 7.97. The molecule has 0 spiro atoms. The third kappa shape index (κ3) is 6.50. The van der Waals surface area contributed by atoms with E-state index in [0.29, 0.717) is 12.3 Å². The predicted octanol–water partition coefficient (Wildman–Crippen LogP) is 1.99. The van der Waals surface area contributed by atoms with E-state index in [1.54, 1.807) is 6.20 Å². The molecule has 0 saturated heterocycles. The molecule has 2 rings (SSSR count). The minimum absolute atomic E-state index is 0.514. The molecular formula is C18H24N4OS. The largest absolute Gasteiger partial charge is 0.357 e. The first-order valence-corrected chi connectivity index (χ1v) is 9.47. The Bertz CT molecular complexity index is 647. The standard InChI is InChI=1S/C18H24N4OS/c1-2-19-18(21-13-11-16-8-6-7-12-20-16)22-14-15-24(23)17-9-4-3-5-10-17/h3-10,12H,2,11,13-15H2,1H3,(H2,19,21,22). The molecule has 0 fully saturated rings. The van der Waals surface area contributed by atoms with Gasteiger partial charge in [0.1, 0.15) is 0 Å². The van der Waals surface area contributed by atoms with Crippen LogP contribution in [-0.4, -0.2) is 40.5 Å². The molecule has 1 atom stereocenters. The highest BCUT2D eigenvalue weighted by Crippen LogP contribution is 2.05. The van der Waals surface area contributed by atoms with Crippen LogP contribution in [0.4, 0.5) is 0 Å². The Balaban J connectivity index is 1.78. The van der Waals surface area contributed by atoms with Crippen molar-refractivity contribution in [1.82, 2.24) is 15.6 Å². The van der Waals surface area contributed by atoms with Crippen molar-refractivity contribution < 1.29 is 4.21 Å². The zero-order chi connectivity index (χ0) is 17.0. The average Bonchev–Trinajstić information content (AvgIpc) is 2.63. The minimum Gasteiger partial charge on any atom is -0.357 e. The molecule has 0 saturated carbocycles. The summed E-state index contributed by atoms with van der Waals surface area (Å²) in [6.07, 6.45) is 2.63. The molecule has 24 heavy (non-hydrogen) atoms. The van der Waals surface area contributed by atoms with Gasteiger partial charge in [0.15, 0.2) is 5.96 Å². The Labute approximate surface area is 146 Å². The zero-order valence-electron chi connectivity index (χ0n) is 13.9. The van der Waals surface area contributed by atoms with E-state index in [-0.39, 0.29) is 0 Å². The van der Waals surface area contributed by atoms with Gasteiger partial charge in [-0.05, 0) is 31.2 Å². The number of aromatic nitrogens is 1. The van der Waals surface area contributed by atoms with Crippen LogP contribution >= 0.6 is 0 Å². The maximum atomic E-state index is 12.2. The van der Waals surface area contributed by atoms with Gasteiger partial charge in [-0.3, -0.25) is 14.2 Å². The smallest absolute Gasteiger partial charge is 0.191 e. The summed E-state index contributed by atoms with van der Waals surface area (Å²) in [5.41, 5.74) is 1.05. The van der Waals surface area contributed by atoms with Crippen molar-refractivity contribution in [1.29, 1.82) is 0 Å². The molecule has 1 unspecified atom stereocenters. The molecule has 1 aromatic heterocycles. The maximum Gasteiger partial charge on any atom is 0.191 e. The first kappa shape index (κ1) is 18.1. The Morgan fingerprint density at radius 2 is 1.92 bits per heavy atom. The van der Waals surface area contributed by atoms with Crippen molar-refractivity contribution in [2.24, 2.45) is 4.99 Å². The Hall–Kier alpha value is -2.21. The molecule has 0 aliphatic heterocycles. The van der Waals surface area contributed by atoms with Crippen LogP contribution in [0, 0.1) is 0 Å². The second-order valence-electron chi connectivity index (χ2n) is 5.12. The first-order valence-electron chi connectivity index (χ1n) is 8.15. The summed E-state index contributed by atoms with van der Waals surface area (Å²) in [6, 6.07) is 15.4. The lowest BCUT2D eigenvalue weighted by atomic mass is 10.3. The SMILES string of the molecule is CCNC(=NCCS(=O)c1ccccc1)NCCc1ccccn1. The third-order valence-electron chi connectivity index (χ3n) is 3.30. The summed E-state index contributed by atoms with van der Waals surface area (Å²) >= 11 is 0. The van der Waals surface area contributed by atoms with Crippen molar-refractivity contribution in [3.8, 4) is 0 Å². The fraction of sp³-hybridized carbons (Fsp3) is 0.333. The normalized spacial score (nSPS) is 12.6. The average molecular weight is 344 g/mol. The molecular weight excluding hydrogens is 320 g/mol. The van der Waals surface area contributed by atoms with Gasteiger partial charge in [-0.1, -0.05) is 24.3 Å². The van der Waals surface area contributed by atoms with Crippen molar-refractivity contribution in [3.05, 3.63) is 60.4 Å². The van der Waals surface area contributed by atoms with Gasteiger partial charge >= 0.3 is 0 Å². The van der Waals surface area contributed by atoms with E-state index in [2.05, 4.69) is 20.6 Å². The topological polar surface area (TPSA) is 66.4 Å². The molecule has 2 aromatic rings. The summed E-state index contributed by atoms with van der Waals surface area (Å²) in [6.45, 7) is 4.08. The van der Waals surface area contributed by atoms with Crippen LogP contribution in [0.3, 0.4) is 0 Å². The lowest BCUT2D eigenvalue weighted by Gasteiger charge is -2.11. The highest BCUT2D eigenvalue weighted by molar-refractivity contribution is 7.85. The van der Waals surface area contributed by atoms with E-state index in [0.717, 1.165) is 36.1 Å². The molecule has 128 valence electrons. The van der Waals surface area contributed by atoms with E-state index < -0.39 is 10.8 Å². The van der Waals surface area contributed by atoms with Crippen LogP contribution in [-0.2, 0) is 17.2 Å². The highest BCUT2D eigenvalue weighted by atomic mass is 32.2. The summed E-state index contributed by atoms with van der Waals surface area (Å²) in [5, 5.41) is 6.48. The quantitative estimate of drug-likeness (QED) is 0.568. The second kappa shape index (κ2) is 10.5. The minimum atomic E-state index is -1.01. The number of hydrogen-bond acceptors (Lipinski definition) is 3. The number of pyridine rings is 1. The first-order chi connectivity index (χ1) is 11.8. The molecule has 5 nitrogen and oxygen atoms in total. The number of benzene rings is 1. The van der Waals surface area contributed by atoms with Crippen LogP contribution in [0.5, 0.6) is 0 Å². The van der Waals surface area contributed by atoms with Crippen LogP contribution < -0.4 is 10.6 Å². The van der Waals surface area contributed by atoms with E-state index >= 15 is 0 Å². The third-order valence-corrected chi connectivity index (χ3v) is 4.65. The van der Waals surface area contributed by atoms with Crippen molar-refractivity contribution in [3.63, 3.8) is 0 Å². The highest BCUT2D eigenvalue weighted by Gasteiger charge is 2.03. The number of nitrogens with zero attached hydrogens (tertiary/aromatic N) is 2. The number of guanidine groups is 1. The molecule has 0 aliphatic carbocycles. The molecule has 0 bridgehead atoms. The van der Waals surface area contributed by atoms with E-state index in [1.165, 1.54) is 0 Å². The second-order valence-corrected chi connectivity index (χ2v) is 6.69. The molecule has 0 radical (unpaired) electrons. The summed E-state index contributed by atoms with van der Waals surface area (Å²) in [7, 11) is -1.01. The predicted molar refractivity (Wildman–Crippen MR) is 99.6 cm³/mol. The van der Waals surface area contributed by atoms with Crippen LogP contribution in [0.25, 0.3) is 0 Å². The Morgan fingerprint density at radius 3 is 2.62 bits per heavy atom. The van der Waals surface area contributed by atoms with Crippen LogP contribution in [0.15, 0.2) is 64.6 Å². The van der Waals surface area contributed by atoms with Crippen molar-refractivity contribution >= 4 is 16.8 Å². The molecule has 0 aliphatic rings. The van der Waals surface area contributed by atoms with Gasteiger partial charge in [0.25, 0.3) is 0 Å². The van der Waals surface area contributed by atoms with Gasteiger partial charge in [0.05, 0.1) is 17.3 Å². The van der Waals surface area contributed by atoms with E-state index in [1.807, 2.05) is 55.5 Å². The number of rotatable bonds is 8. The van der Waals surface area contributed by atoms with Crippen molar-refractivity contribution in [2.75, 3.05) is 25.4 Å². The van der Waals surface area contributed by atoms with Gasteiger partial charge in [-0.15, -0.1) is 0 Å². The number of nitrogens with one attached hydrogen (secondary N) is 2. The monoisotopic (exact) mass is 344 g/mol. The molecule has 1 heterocycles. The van der Waals surface area contributed by atoms with Crippen LogP contribution in [0.2, 0.25) is 0 Å². The maximum absolute atomic E-state index is 12.2. The summed E-state index contributed by atoms with van der Waals surface area (Å²) in [4.78, 5) is 9.64. The van der Waals surface area contributed by atoms with Gasteiger partial charge in [0, 0.05) is 42.0 Å². The fourth-order valence-corrected chi connectivity index (χ4v) is 3.08. The van der Waals surface area contributed by atoms with Crippen molar-refractivity contribution in [2.45, 2.75) is 18.2 Å². The summed E-state index contributed by atoms with van der Waals surface area (Å²) in [5.74, 6) is 1.26. The zero-order valence-corrected chi connectivity index (χ0v) is 14.8. The summed E-state index contributed by atoms with van der Waals surface area (Å²) < 4.78 is 12.2. The van der Waals surface area contributed by atoms with E-state index in [4.69, 9.17) is 0 Å². The molecule has 2 N–H and O–H groups in total. The van der Waals surface area contributed by atoms with E-state index in [9.17, 15) is 4.21 Å². The number of aliphatic imine (C=N–C) groups is 1. The van der Waals surface area contributed by atoms with Gasteiger partial charge in [-0.25, -0.2) is 0 Å². The van der Waals surface area contributed by atoms with Crippen LogP contribution in [0.1, 0.15) is 12.6 Å². The molecule has 0 amide bonds. The Morgan fingerprint density at radius 1 is 1.12 bits per heavy atom. The fourth-order valence-electron chi connectivity index (χ4n) is 2.13. The lowest BCUT2D eigenvalue weighted by Crippen LogP contribution is -2.38. The van der Waals surface area contributed by atoms with Gasteiger partial charge in [0.2, 0.25) is 0 Å². The van der Waals surface area contributed by atoms with Gasteiger partial charge in [-0.2, -0.15) is 0 Å². The number of hydrogen-bond donors (Lipinski definition) is 2. The molecule has 6 heteroatoms. The lowest BCUT2D eigenvalue weighted by molar-refractivity contribution is 0.682.